The number of amides is 3. The predicted octanol–water partition coefficient (Wildman–Crippen LogP) is 1.71. The molecule has 3 amide bonds. The van der Waals surface area contributed by atoms with Crippen molar-refractivity contribution in [3.63, 3.8) is 0 Å². The molecule has 1 aliphatic heterocycles. The molecule has 0 saturated carbocycles. The van der Waals surface area contributed by atoms with E-state index in [2.05, 4.69) is 5.32 Å². The normalized spacial score (nSPS) is 12.8. The molecule has 28 heavy (non-hydrogen) atoms. The molecule has 3 rings (SSSR count). The summed E-state index contributed by atoms with van der Waals surface area (Å²) in [6.07, 6.45) is 0. The van der Waals surface area contributed by atoms with Gasteiger partial charge in [-0.15, -0.1) is 0 Å². The summed E-state index contributed by atoms with van der Waals surface area (Å²) in [5, 5.41) is 13.6. The van der Waals surface area contributed by atoms with Crippen molar-refractivity contribution in [3.05, 3.63) is 57.1 Å². The summed E-state index contributed by atoms with van der Waals surface area (Å²) < 4.78 is 5.25. The molecule has 1 aliphatic rings. The highest BCUT2D eigenvalue weighted by molar-refractivity contribution is 6.34. The zero-order valence-electron chi connectivity index (χ0n) is 14.2. The van der Waals surface area contributed by atoms with Crippen molar-refractivity contribution < 1.29 is 24.0 Å². The Morgan fingerprint density at radius 3 is 2.68 bits per heavy atom. The van der Waals surface area contributed by atoms with E-state index in [-0.39, 0.29) is 34.3 Å². The van der Waals surface area contributed by atoms with Crippen LogP contribution in [0.4, 0.5) is 17.1 Å². The molecule has 0 unspecified atom stereocenters. The van der Waals surface area contributed by atoms with Crippen molar-refractivity contribution in [1.82, 2.24) is 0 Å². The van der Waals surface area contributed by atoms with Gasteiger partial charge in [-0.05, 0) is 24.3 Å². The number of anilines is 2. The fourth-order valence-corrected chi connectivity index (χ4v) is 2.89. The first-order valence-electron chi connectivity index (χ1n) is 7.87. The quantitative estimate of drug-likeness (QED) is 0.573. The topological polar surface area (TPSA) is 145 Å². The van der Waals surface area contributed by atoms with Crippen LogP contribution in [0.25, 0.3) is 0 Å². The number of halogens is 1. The number of fused-ring (bicyclic) bond motifs is 1. The third-order valence-electron chi connectivity index (χ3n) is 3.92. The summed E-state index contributed by atoms with van der Waals surface area (Å²) in [6, 6.07) is 7.92. The van der Waals surface area contributed by atoms with Crippen LogP contribution < -0.4 is 20.7 Å². The number of rotatable bonds is 5. The number of nitro benzene ring substituents is 1. The van der Waals surface area contributed by atoms with Crippen LogP contribution in [0.3, 0.4) is 0 Å². The standard InChI is InChI=1S/C17H13ClN4O6/c18-12-5-9(1-3-11(12)17(19)25)20-15(23)7-21-13-6-10(22(26)27)2-4-14(13)28-8-16(21)24/h1-6H,7-8H2,(H2,19,25)(H,20,23). The van der Waals surface area contributed by atoms with Gasteiger partial charge in [0.2, 0.25) is 11.8 Å². The lowest BCUT2D eigenvalue weighted by Crippen LogP contribution is -2.43. The minimum Gasteiger partial charge on any atom is -0.482 e. The van der Waals surface area contributed by atoms with Crippen molar-refractivity contribution in [2.24, 2.45) is 5.73 Å². The largest absolute Gasteiger partial charge is 0.482 e. The van der Waals surface area contributed by atoms with E-state index in [1.807, 2.05) is 0 Å². The van der Waals surface area contributed by atoms with Crippen molar-refractivity contribution in [1.29, 1.82) is 0 Å². The van der Waals surface area contributed by atoms with E-state index >= 15 is 0 Å². The average molecular weight is 405 g/mol. The van der Waals surface area contributed by atoms with Gasteiger partial charge in [0.15, 0.2) is 6.61 Å². The molecule has 0 atom stereocenters. The molecule has 0 radical (unpaired) electrons. The number of carbonyl (C=O) groups is 3. The summed E-state index contributed by atoms with van der Waals surface area (Å²) in [6.45, 7) is -0.692. The van der Waals surface area contributed by atoms with E-state index in [1.165, 1.54) is 30.3 Å². The highest BCUT2D eigenvalue weighted by atomic mass is 35.5. The van der Waals surface area contributed by atoms with Crippen LogP contribution in [0.1, 0.15) is 10.4 Å². The number of nitrogens with zero attached hydrogens (tertiary/aromatic N) is 2. The molecule has 0 aromatic heterocycles. The lowest BCUT2D eigenvalue weighted by molar-refractivity contribution is -0.384. The second kappa shape index (κ2) is 7.53. The van der Waals surface area contributed by atoms with E-state index in [4.69, 9.17) is 22.1 Å². The second-order valence-corrected chi connectivity index (χ2v) is 6.19. The van der Waals surface area contributed by atoms with Gasteiger partial charge in [-0.3, -0.25) is 29.4 Å². The maximum atomic E-state index is 12.4. The van der Waals surface area contributed by atoms with Crippen LogP contribution in [0, 0.1) is 10.1 Å². The van der Waals surface area contributed by atoms with Crippen LogP contribution in [0.2, 0.25) is 5.02 Å². The van der Waals surface area contributed by atoms with Crippen LogP contribution in [-0.2, 0) is 9.59 Å². The first kappa shape index (κ1) is 19.1. The van der Waals surface area contributed by atoms with Gasteiger partial charge < -0.3 is 15.8 Å². The summed E-state index contributed by atoms with van der Waals surface area (Å²) in [5.41, 5.74) is 5.45. The molecule has 144 valence electrons. The molecule has 0 bridgehead atoms. The minimum absolute atomic E-state index is 0.0636. The molecule has 2 aromatic carbocycles. The first-order valence-corrected chi connectivity index (χ1v) is 8.25. The summed E-state index contributed by atoms with van der Waals surface area (Å²) in [5.74, 6) is -1.55. The smallest absolute Gasteiger partial charge is 0.271 e. The number of non-ortho nitro benzene ring substituents is 1. The third-order valence-corrected chi connectivity index (χ3v) is 4.23. The fraction of sp³-hybridized carbons (Fsp3) is 0.118. The molecular weight excluding hydrogens is 392 g/mol. The Balaban J connectivity index is 1.80. The number of nitrogens with two attached hydrogens (primary N) is 1. The SMILES string of the molecule is NC(=O)c1ccc(NC(=O)CN2C(=O)COc3ccc([N+](=O)[O-])cc32)cc1Cl. The molecule has 0 saturated heterocycles. The summed E-state index contributed by atoms with van der Waals surface area (Å²) >= 11 is 5.94. The number of nitrogens with one attached hydrogen (secondary N) is 1. The van der Waals surface area contributed by atoms with Crippen LogP contribution in [-0.4, -0.2) is 35.8 Å². The Morgan fingerprint density at radius 2 is 2.04 bits per heavy atom. The number of hydrogen-bond donors (Lipinski definition) is 2. The summed E-state index contributed by atoms with van der Waals surface area (Å²) in [4.78, 5) is 47.2. The number of benzene rings is 2. The molecule has 1 heterocycles. The van der Waals surface area contributed by atoms with Crippen molar-refractivity contribution >= 4 is 46.4 Å². The molecular formula is C17H13ClN4O6. The first-order chi connectivity index (χ1) is 13.3. The molecule has 2 aromatic rings. The van der Waals surface area contributed by atoms with E-state index in [1.54, 1.807) is 0 Å². The minimum atomic E-state index is -0.708. The Bertz CT molecular complexity index is 1010. The van der Waals surface area contributed by atoms with Crippen LogP contribution >= 0.6 is 11.6 Å². The number of nitro groups is 1. The molecule has 3 N–H and O–H groups in total. The molecule has 0 spiro atoms. The number of ether oxygens (including phenoxy) is 1. The van der Waals surface area contributed by atoms with Crippen molar-refractivity contribution in [3.8, 4) is 5.75 Å². The van der Waals surface area contributed by atoms with E-state index in [0.717, 1.165) is 11.0 Å². The van der Waals surface area contributed by atoms with Gasteiger partial charge >= 0.3 is 0 Å². The number of primary amides is 1. The van der Waals surface area contributed by atoms with Crippen LogP contribution in [0.5, 0.6) is 5.75 Å². The Morgan fingerprint density at radius 1 is 1.29 bits per heavy atom. The highest BCUT2D eigenvalue weighted by Crippen LogP contribution is 2.35. The van der Waals surface area contributed by atoms with Gasteiger partial charge in [-0.1, -0.05) is 11.6 Å². The van der Waals surface area contributed by atoms with E-state index in [0.29, 0.717) is 5.69 Å². The van der Waals surface area contributed by atoms with E-state index < -0.39 is 29.2 Å². The Labute approximate surface area is 163 Å². The summed E-state index contributed by atoms with van der Waals surface area (Å²) in [7, 11) is 0. The highest BCUT2D eigenvalue weighted by Gasteiger charge is 2.29. The van der Waals surface area contributed by atoms with Gasteiger partial charge in [0, 0.05) is 17.8 Å². The molecule has 11 heteroatoms. The van der Waals surface area contributed by atoms with Crippen LogP contribution in [0.15, 0.2) is 36.4 Å². The third kappa shape index (κ3) is 3.86. The molecule has 0 aliphatic carbocycles. The van der Waals surface area contributed by atoms with Crippen molar-refractivity contribution in [2.75, 3.05) is 23.4 Å². The lowest BCUT2D eigenvalue weighted by atomic mass is 10.2. The van der Waals surface area contributed by atoms with Gasteiger partial charge in [-0.25, -0.2) is 0 Å². The van der Waals surface area contributed by atoms with Gasteiger partial charge in [0.25, 0.3) is 11.6 Å². The van der Waals surface area contributed by atoms with Gasteiger partial charge in [-0.2, -0.15) is 0 Å². The van der Waals surface area contributed by atoms with Crippen molar-refractivity contribution in [2.45, 2.75) is 0 Å². The van der Waals surface area contributed by atoms with Gasteiger partial charge in [0.05, 0.1) is 21.2 Å². The van der Waals surface area contributed by atoms with E-state index in [9.17, 15) is 24.5 Å². The number of hydrogen-bond acceptors (Lipinski definition) is 6. The maximum Gasteiger partial charge on any atom is 0.271 e. The monoisotopic (exact) mass is 404 g/mol. The Kier molecular flexibility index (Phi) is 5.14. The molecule has 10 nitrogen and oxygen atoms in total. The Hall–Kier alpha value is -3.66. The predicted molar refractivity (Wildman–Crippen MR) is 99.5 cm³/mol. The van der Waals surface area contributed by atoms with Gasteiger partial charge in [0.1, 0.15) is 12.3 Å². The average Bonchev–Trinajstić information content (AvgIpc) is 2.63. The lowest BCUT2D eigenvalue weighted by Gasteiger charge is -2.28. The maximum absolute atomic E-state index is 12.4. The zero-order chi connectivity index (χ0) is 20.4. The molecule has 0 fully saturated rings. The second-order valence-electron chi connectivity index (χ2n) is 5.78. The number of carbonyl (C=O) groups excluding carboxylic acids is 3. The zero-order valence-corrected chi connectivity index (χ0v) is 14.9. The fourth-order valence-electron chi connectivity index (χ4n) is 2.61.